The lowest BCUT2D eigenvalue weighted by Gasteiger charge is -2.08. The van der Waals surface area contributed by atoms with E-state index in [0.29, 0.717) is 5.82 Å². The minimum atomic E-state index is 0.538. The Morgan fingerprint density at radius 2 is 1.93 bits per heavy atom. The number of hydrogen-bond donors (Lipinski definition) is 1. The molecule has 2 aromatic rings. The summed E-state index contributed by atoms with van der Waals surface area (Å²) in [6.07, 6.45) is 1.73. The number of hydrogen-bond acceptors (Lipinski definition) is 2. The third-order valence-electron chi connectivity index (χ3n) is 2.31. The Labute approximate surface area is 97.3 Å². The van der Waals surface area contributed by atoms with E-state index in [1.54, 1.807) is 6.20 Å². The molecular formula is C12H11BrN2. The number of nitrogen functional groups attached to an aromatic ring is 1. The second-order valence-electron chi connectivity index (χ2n) is 3.40. The Kier molecular flexibility index (Phi) is 2.73. The van der Waals surface area contributed by atoms with Crippen LogP contribution in [0.4, 0.5) is 5.82 Å². The number of aromatic nitrogens is 1. The summed E-state index contributed by atoms with van der Waals surface area (Å²) in [6, 6.07) is 10.1. The lowest BCUT2D eigenvalue weighted by molar-refractivity contribution is 1.31. The highest BCUT2D eigenvalue weighted by atomic mass is 79.9. The molecule has 2 rings (SSSR count). The average molecular weight is 263 g/mol. The summed E-state index contributed by atoms with van der Waals surface area (Å²) in [5, 5.41) is 0. The molecule has 0 fully saturated rings. The van der Waals surface area contributed by atoms with Gasteiger partial charge in [-0.15, -0.1) is 0 Å². The Morgan fingerprint density at radius 3 is 2.67 bits per heavy atom. The van der Waals surface area contributed by atoms with Gasteiger partial charge >= 0.3 is 0 Å². The molecule has 0 saturated carbocycles. The van der Waals surface area contributed by atoms with Crippen molar-refractivity contribution in [1.29, 1.82) is 0 Å². The van der Waals surface area contributed by atoms with Crippen LogP contribution in [0.25, 0.3) is 11.1 Å². The third-order valence-corrected chi connectivity index (χ3v) is 2.94. The third kappa shape index (κ3) is 2.02. The quantitative estimate of drug-likeness (QED) is 0.856. The van der Waals surface area contributed by atoms with Gasteiger partial charge in [0.25, 0.3) is 0 Å². The highest BCUT2D eigenvalue weighted by Crippen LogP contribution is 2.30. The van der Waals surface area contributed by atoms with Crippen molar-refractivity contribution in [3.05, 3.63) is 46.6 Å². The van der Waals surface area contributed by atoms with Crippen LogP contribution in [0, 0.1) is 6.92 Å². The highest BCUT2D eigenvalue weighted by Gasteiger charge is 2.06. The molecule has 1 aromatic carbocycles. The average Bonchev–Trinajstić information content (AvgIpc) is 2.23. The second kappa shape index (κ2) is 4.03. The topological polar surface area (TPSA) is 38.9 Å². The maximum atomic E-state index is 5.68. The van der Waals surface area contributed by atoms with E-state index in [4.69, 9.17) is 5.73 Å². The Bertz CT molecular complexity index is 495. The van der Waals surface area contributed by atoms with Gasteiger partial charge in [0.2, 0.25) is 0 Å². The molecule has 0 radical (unpaired) electrons. The molecule has 0 aliphatic carbocycles. The normalized spacial score (nSPS) is 10.3. The zero-order chi connectivity index (χ0) is 10.8. The number of halogens is 1. The van der Waals surface area contributed by atoms with Crippen LogP contribution < -0.4 is 5.73 Å². The molecule has 0 aliphatic heterocycles. The van der Waals surface area contributed by atoms with E-state index in [9.17, 15) is 0 Å². The molecule has 0 spiro atoms. The molecule has 0 unspecified atom stereocenters. The van der Waals surface area contributed by atoms with Crippen molar-refractivity contribution in [3.63, 3.8) is 0 Å². The summed E-state index contributed by atoms with van der Waals surface area (Å²) < 4.78 is 0.964. The van der Waals surface area contributed by atoms with Gasteiger partial charge in [-0.2, -0.15) is 0 Å². The number of pyridine rings is 1. The van der Waals surface area contributed by atoms with E-state index < -0.39 is 0 Å². The van der Waals surface area contributed by atoms with Crippen LogP contribution in [-0.4, -0.2) is 4.98 Å². The van der Waals surface area contributed by atoms with Gasteiger partial charge in [0, 0.05) is 16.2 Å². The van der Waals surface area contributed by atoms with Gasteiger partial charge in [0.05, 0.1) is 0 Å². The van der Waals surface area contributed by atoms with Crippen LogP contribution >= 0.6 is 15.9 Å². The zero-order valence-electron chi connectivity index (χ0n) is 8.37. The van der Waals surface area contributed by atoms with E-state index >= 15 is 0 Å². The maximum Gasteiger partial charge on any atom is 0.123 e. The van der Waals surface area contributed by atoms with Gasteiger partial charge in [-0.3, -0.25) is 0 Å². The summed E-state index contributed by atoms with van der Waals surface area (Å²) in [6.45, 7) is 2.08. The Morgan fingerprint density at radius 1 is 1.20 bits per heavy atom. The number of nitrogens with zero attached hydrogens (tertiary/aromatic N) is 1. The molecule has 1 heterocycles. The van der Waals surface area contributed by atoms with Gasteiger partial charge in [-0.05, 0) is 40.0 Å². The van der Waals surface area contributed by atoms with Gasteiger partial charge in [-0.1, -0.05) is 24.3 Å². The van der Waals surface area contributed by atoms with Gasteiger partial charge < -0.3 is 5.73 Å². The maximum absolute atomic E-state index is 5.68. The number of rotatable bonds is 1. The lowest BCUT2D eigenvalue weighted by atomic mass is 10.0. The predicted octanol–water partition coefficient (Wildman–Crippen LogP) is 3.40. The first-order valence-electron chi connectivity index (χ1n) is 4.65. The first kappa shape index (κ1) is 10.2. The van der Waals surface area contributed by atoms with Crippen molar-refractivity contribution in [2.45, 2.75) is 6.92 Å². The fraction of sp³-hybridized carbons (Fsp3) is 0.0833. The van der Waals surface area contributed by atoms with Gasteiger partial charge in [0.15, 0.2) is 0 Å². The largest absolute Gasteiger partial charge is 0.384 e. The zero-order valence-corrected chi connectivity index (χ0v) is 9.95. The molecule has 1 aromatic heterocycles. The van der Waals surface area contributed by atoms with Crippen LogP contribution in [0.15, 0.2) is 41.0 Å². The summed E-state index contributed by atoms with van der Waals surface area (Å²) in [4.78, 5) is 4.03. The Hall–Kier alpha value is -1.35. The molecule has 0 saturated heterocycles. The van der Waals surface area contributed by atoms with Crippen molar-refractivity contribution >= 4 is 21.7 Å². The minimum absolute atomic E-state index is 0.538. The van der Waals surface area contributed by atoms with Crippen LogP contribution in [0.2, 0.25) is 0 Å². The number of aryl methyl sites for hydroxylation is 1. The van der Waals surface area contributed by atoms with Gasteiger partial charge in [0.1, 0.15) is 5.82 Å². The van der Waals surface area contributed by atoms with Crippen LogP contribution in [-0.2, 0) is 0 Å². The lowest BCUT2D eigenvalue weighted by Crippen LogP contribution is -1.92. The van der Waals surface area contributed by atoms with E-state index in [1.165, 1.54) is 11.1 Å². The fourth-order valence-electron chi connectivity index (χ4n) is 1.54. The number of benzene rings is 1. The summed E-state index contributed by atoms with van der Waals surface area (Å²) in [7, 11) is 0. The molecule has 0 aliphatic rings. The van der Waals surface area contributed by atoms with E-state index in [1.807, 2.05) is 18.2 Å². The van der Waals surface area contributed by atoms with Crippen molar-refractivity contribution in [1.82, 2.24) is 4.98 Å². The standard InChI is InChI=1S/C12H11BrN2/c1-8-4-2-3-5-9(8)10-6-12(14)15-7-11(10)13/h2-7H,1H3,(H2,14,15). The molecule has 0 amide bonds. The van der Waals surface area contributed by atoms with Crippen molar-refractivity contribution in [2.75, 3.05) is 5.73 Å². The smallest absolute Gasteiger partial charge is 0.123 e. The number of nitrogens with two attached hydrogens (primary N) is 1. The van der Waals surface area contributed by atoms with Gasteiger partial charge in [-0.25, -0.2) is 4.98 Å². The monoisotopic (exact) mass is 262 g/mol. The van der Waals surface area contributed by atoms with Crippen molar-refractivity contribution < 1.29 is 0 Å². The molecule has 0 atom stereocenters. The van der Waals surface area contributed by atoms with E-state index in [2.05, 4.69) is 40.0 Å². The SMILES string of the molecule is Cc1ccccc1-c1cc(N)ncc1Br. The predicted molar refractivity (Wildman–Crippen MR) is 66.5 cm³/mol. The Balaban J connectivity index is 2.64. The van der Waals surface area contributed by atoms with Crippen molar-refractivity contribution in [2.24, 2.45) is 0 Å². The highest BCUT2D eigenvalue weighted by molar-refractivity contribution is 9.10. The van der Waals surface area contributed by atoms with Crippen LogP contribution in [0.1, 0.15) is 5.56 Å². The molecule has 76 valence electrons. The molecule has 0 bridgehead atoms. The first-order valence-corrected chi connectivity index (χ1v) is 5.45. The van der Waals surface area contributed by atoms with E-state index in [-0.39, 0.29) is 0 Å². The minimum Gasteiger partial charge on any atom is -0.384 e. The summed E-state index contributed by atoms with van der Waals surface area (Å²) in [5.74, 6) is 0.538. The van der Waals surface area contributed by atoms with E-state index in [0.717, 1.165) is 10.0 Å². The summed E-state index contributed by atoms with van der Waals surface area (Å²) in [5.41, 5.74) is 9.17. The van der Waals surface area contributed by atoms with Crippen molar-refractivity contribution in [3.8, 4) is 11.1 Å². The summed E-state index contributed by atoms with van der Waals surface area (Å²) >= 11 is 3.48. The molecule has 2 nitrogen and oxygen atoms in total. The molecule has 2 N–H and O–H groups in total. The first-order chi connectivity index (χ1) is 7.18. The molecule has 3 heteroatoms. The second-order valence-corrected chi connectivity index (χ2v) is 4.26. The molecule has 15 heavy (non-hydrogen) atoms. The van der Waals surface area contributed by atoms with Crippen LogP contribution in [0.3, 0.4) is 0 Å². The molecular weight excluding hydrogens is 252 g/mol. The fourth-order valence-corrected chi connectivity index (χ4v) is 1.97. The van der Waals surface area contributed by atoms with Crippen LogP contribution in [0.5, 0.6) is 0 Å². The number of anilines is 1.